The van der Waals surface area contributed by atoms with Crippen LogP contribution in [0.25, 0.3) is 17.1 Å². The van der Waals surface area contributed by atoms with Gasteiger partial charge < -0.3 is 10.1 Å². The number of alkyl halides is 3. The van der Waals surface area contributed by atoms with Crippen LogP contribution >= 0.6 is 11.8 Å². The maximum atomic E-state index is 12.6. The molecule has 12 heteroatoms. The molecule has 1 saturated heterocycles. The maximum Gasteiger partial charge on any atom is 0.573 e. The second-order valence-corrected chi connectivity index (χ2v) is 11.8. The Kier molecular flexibility index (Phi) is 10.0. The number of hydrogen-bond donors (Lipinski definition) is 1. The number of ketones is 1. The molecule has 5 rings (SSSR count). The van der Waals surface area contributed by atoms with Gasteiger partial charge in [-0.2, -0.15) is 4.99 Å². The molecule has 2 heterocycles. The lowest BCUT2D eigenvalue weighted by molar-refractivity contribution is -0.274. The van der Waals surface area contributed by atoms with E-state index >= 15 is 0 Å². The zero-order valence-electron chi connectivity index (χ0n) is 24.8. The first-order valence-electron chi connectivity index (χ1n) is 14.6. The van der Waals surface area contributed by atoms with Crippen LogP contribution in [0.2, 0.25) is 0 Å². The number of rotatable bonds is 10. The maximum absolute atomic E-state index is 12.6. The van der Waals surface area contributed by atoms with E-state index in [0.29, 0.717) is 28.9 Å². The normalized spacial score (nSPS) is 16.6. The molecular formula is C33H32F3N5O3S. The number of hydrogen-bond acceptors (Lipinski definition) is 6. The van der Waals surface area contributed by atoms with Crippen molar-refractivity contribution < 1.29 is 27.5 Å². The Hall–Kier alpha value is -4.45. The van der Waals surface area contributed by atoms with E-state index < -0.39 is 18.3 Å². The van der Waals surface area contributed by atoms with Crippen molar-refractivity contribution in [2.24, 2.45) is 10.9 Å². The Morgan fingerprint density at radius 3 is 2.56 bits per heavy atom. The van der Waals surface area contributed by atoms with Crippen molar-refractivity contribution in [2.45, 2.75) is 45.4 Å². The lowest BCUT2D eigenvalue weighted by Gasteiger charge is -2.14. The van der Waals surface area contributed by atoms with Gasteiger partial charge in [-0.3, -0.25) is 4.79 Å². The summed E-state index contributed by atoms with van der Waals surface area (Å²) < 4.78 is 42.6. The number of Topliss-reactive ketones (excluding diaryl/α,β-unsaturated/α-hetero) is 1. The van der Waals surface area contributed by atoms with Crippen LogP contribution in [-0.2, 0) is 17.6 Å². The van der Waals surface area contributed by atoms with Crippen molar-refractivity contribution in [3.05, 3.63) is 95.8 Å². The second kappa shape index (κ2) is 14.1. The number of nitrogens with zero attached hydrogens (tertiary/aromatic N) is 4. The number of ether oxygens (including phenoxy) is 1. The molecule has 0 aliphatic carbocycles. The summed E-state index contributed by atoms with van der Waals surface area (Å²) in [4.78, 5) is 33.9. The molecule has 1 fully saturated rings. The van der Waals surface area contributed by atoms with Crippen LogP contribution < -0.4 is 10.1 Å². The first-order valence-corrected chi connectivity index (χ1v) is 15.5. The summed E-state index contributed by atoms with van der Waals surface area (Å²) in [6, 6.07) is 20.6. The van der Waals surface area contributed by atoms with Gasteiger partial charge in [0.1, 0.15) is 12.1 Å². The van der Waals surface area contributed by atoms with Crippen LogP contribution in [0.3, 0.4) is 0 Å². The largest absolute Gasteiger partial charge is 0.573 e. The van der Waals surface area contributed by atoms with E-state index in [1.165, 1.54) is 47.0 Å². The smallest absolute Gasteiger partial charge is 0.406 e. The lowest BCUT2D eigenvalue weighted by atomic mass is 9.91. The van der Waals surface area contributed by atoms with Crippen molar-refractivity contribution in [3.8, 4) is 22.8 Å². The van der Waals surface area contributed by atoms with Gasteiger partial charge in [0.15, 0.2) is 11.6 Å². The average molecular weight is 636 g/mol. The second-order valence-electron chi connectivity index (χ2n) is 10.8. The van der Waals surface area contributed by atoms with Gasteiger partial charge >= 0.3 is 12.4 Å². The molecule has 0 spiro atoms. The van der Waals surface area contributed by atoms with Gasteiger partial charge in [0.25, 0.3) is 0 Å². The Morgan fingerprint density at radius 2 is 1.84 bits per heavy atom. The lowest BCUT2D eigenvalue weighted by Crippen LogP contribution is -2.25. The highest BCUT2D eigenvalue weighted by Crippen LogP contribution is 2.35. The number of halogens is 3. The Labute approximate surface area is 263 Å². The van der Waals surface area contributed by atoms with Crippen LogP contribution in [0.1, 0.15) is 42.9 Å². The molecule has 1 aliphatic rings. The minimum atomic E-state index is -4.75. The van der Waals surface area contributed by atoms with Crippen LogP contribution in [0.15, 0.2) is 84.1 Å². The van der Waals surface area contributed by atoms with E-state index in [1.807, 2.05) is 55.5 Å². The number of benzene rings is 3. The highest BCUT2D eigenvalue weighted by molar-refractivity contribution is 8.15. The predicted octanol–water partition coefficient (Wildman–Crippen LogP) is 7.17. The Morgan fingerprint density at radius 1 is 1.11 bits per heavy atom. The summed E-state index contributed by atoms with van der Waals surface area (Å²) in [5, 5.41) is 7.87. The molecule has 45 heavy (non-hydrogen) atoms. The number of urea groups is 1. The number of aliphatic imine (C=N–C) groups is 1. The fourth-order valence-corrected chi connectivity index (χ4v) is 6.20. The molecule has 1 N–H and O–H groups in total. The molecule has 2 amide bonds. The van der Waals surface area contributed by atoms with Gasteiger partial charge in [-0.25, -0.2) is 14.5 Å². The molecule has 4 aromatic rings. The van der Waals surface area contributed by atoms with Crippen LogP contribution in [0.4, 0.5) is 18.0 Å². The summed E-state index contributed by atoms with van der Waals surface area (Å²) in [6.45, 7) is 4.63. The van der Waals surface area contributed by atoms with Crippen molar-refractivity contribution in [1.82, 2.24) is 20.1 Å². The fraction of sp³-hybridized carbons (Fsp3) is 0.303. The highest BCUT2D eigenvalue weighted by atomic mass is 32.2. The molecular weight excluding hydrogens is 603 g/mol. The van der Waals surface area contributed by atoms with E-state index in [4.69, 9.17) is 0 Å². The number of thioether (sulfide) groups is 1. The Balaban J connectivity index is 1.11. The van der Waals surface area contributed by atoms with Crippen molar-refractivity contribution in [3.63, 3.8) is 0 Å². The number of nitrogens with one attached hydrogen (secondary N) is 1. The molecule has 1 aliphatic heterocycles. The molecule has 8 nitrogen and oxygen atoms in total. The highest BCUT2D eigenvalue weighted by Gasteiger charge is 2.35. The molecule has 234 valence electrons. The van der Waals surface area contributed by atoms with Crippen molar-refractivity contribution in [1.29, 1.82) is 0 Å². The fourth-order valence-electron chi connectivity index (χ4n) is 5.17. The number of aromatic nitrogens is 3. The van der Waals surface area contributed by atoms with Gasteiger partial charge in [0, 0.05) is 12.1 Å². The monoisotopic (exact) mass is 635 g/mol. The zero-order chi connectivity index (χ0) is 32.0. The van der Waals surface area contributed by atoms with E-state index in [1.54, 1.807) is 0 Å². The molecule has 2 atom stereocenters. The minimum Gasteiger partial charge on any atom is -0.406 e. The first-order chi connectivity index (χ1) is 21.6. The Bertz CT molecular complexity index is 1670. The quantitative estimate of drug-likeness (QED) is 0.198. The predicted molar refractivity (Wildman–Crippen MR) is 168 cm³/mol. The van der Waals surface area contributed by atoms with E-state index in [2.05, 4.69) is 32.1 Å². The summed E-state index contributed by atoms with van der Waals surface area (Å²) in [5.41, 5.74) is 4.49. The summed E-state index contributed by atoms with van der Waals surface area (Å²) >= 11 is 1.33. The number of aryl methyl sites for hydroxylation is 1. The first kappa shape index (κ1) is 32.0. The molecule has 2 unspecified atom stereocenters. The summed E-state index contributed by atoms with van der Waals surface area (Å²) in [6.07, 6.45) is -0.889. The SMILES string of the molecule is CCc1ccccc1C1C(=O)CS/C1=N\C(=O)NCCC(C)Cc1ccc(-c2ncn(-c3ccc(OC(F)(F)F)cc3)n2)cc1. The zero-order valence-corrected chi connectivity index (χ0v) is 25.6. The average Bonchev–Trinajstić information content (AvgIpc) is 3.64. The summed E-state index contributed by atoms with van der Waals surface area (Å²) in [7, 11) is 0. The molecule has 0 radical (unpaired) electrons. The van der Waals surface area contributed by atoms with Crippen molar-refractivity contribution in [2.75, 3.05) is 12.3 Å². The van der Waals surface area contributed by atoms with Crippen LogP contribution in [-0.4, -0.2) is 50.3 Å². The number of carbonyl (C=O) groups is 2. The van der Waals surface area contributed by atoms with Crippen molar-refractivity contribution >= 4 is 28.6 Å². The van der Waals surface area contributed by atoms with E-state index in [9.17, 15) is 22.8 Å². The van der Waals surface area contributed by atoms with Crippen LogP contribution in [0.5, 0.6) is 5.75 Å². The van der Waals surface area contributed by atoms with Gasteiger partial charge in [-0.05, 0) is 66.1 Å². The standard InChI is InChI=1S/C33H32F3N5O3S/c1-3-23-6-4-5-7-27(23)29-28(42)19-45-31(29)39-32(43)37-17-16-21(2)18-22-8-10-24(11-9-22)30-38-20-41(40-30)25-12-14-26(15-13-25)44-33(34,35)36/h4-15,20-21,29H,3,16-19H2,1-2H3,(H,37,43)/b39-31-. The van der Waals surface area contributed by atoms with Crippen LogP contribution in [0, 0.1) is 5.92 Å². The van der Waals surface area contributed by atoms with E-state index in [-0.39, 0.29) is 17.5 Å². The van der Waals surface area contributed by atoms with Gasteiger partial charge in [0.2, 0.25) is 0 Å². The van der Waals surface area contributed by atoms with E-state index in [0.717, 1.165) is 41.5 Å². The number of carbonyl (C=O) groups excluding carboxylic acids is 2. The topological polar surface area (TPSA) is 98.5 Å². The third-order valence-corrected chi connectivity index (χ3v) is 8.48. The number of amides is 2. The van der Waals surface area contributed by atoms with Gasteiger partial charge in [-0.15, -0.1) is 30.0 Å². The summed E-state index contributed by atoms with van der Waals surface area (Å²) in [5.74, 6) is 0.381. The van der Waals surface area contributed by atoms with Gasteiger partial charge in [0.05, 0.1) is 22.4 Å². The third kappa shape index (κ3) is 8.39. The van der Waals surface area contributed by atoms with Gasteiger partial charge in [-0.1, -0.05) is 62.4 Å². The molecule has 0 saturated carbocycles. The molecule has 1 aromatic heterocycles. The third-order valence-electron chi connectivity index (χ3n) is 7.43. The molecule has 0 bridgehead atoms. The molecule has 3 aromatic carbocycles. The minimum absolute atomic E-state index is 0.0735.